The van der Waals surface area contributed by atoms with Crippen LogP contribution in [0.3, 0.4) is 0 Å². The van der Waals surface area contributed by atoms with E-state index in [0.717, 1.165) is 11.8 Å². The second kappa shape index (κ2) is 4.05. The Hall–Kier alpha value is -0.963. The topological polar surface area (TPSA) is 17.1 Å². The van der Waals surface area contributed by atoms with E-state index in [1.807, 2.05) is 32.9 Å². The molecule has 0 atom stereocenters. The SMILES string of the molecule is CC(C)(C)c1cccc(C=O)c1[SiH2]F. The maximum Gasteiger partial charge on any atom is 0.248 e. The van der Waals surface area contributed by atoms with Crippen LogP contribution < -0.4 is 5.19 Å². The molecule has 1 nitrogen and oxygen atoms in total. The van der Waals surface area contributed by atoms with Crippen LogP contribution in [-0.2, 0) is 5.41 Å². The highest BCUT2D eigenvalue weighted by atomic mass is 28.3. The summed E-state index contributed by atoms with van der Waals surface area (Å²) in [5.74, 6) is 0. The van der Waals surface area contributed by atoms with Gasteiger partial charge in [-0.05, 0) is 16.2 Å². The fraction of sp³-hybridized carbons (Fsp3) is 0.364. The Morgan fingerprint density at radius 2 is 2.00 bits per heavy atom. The van der Waals surface area contributed by atoms with E-state index in [0.29, 0.717) is 10.8 Å². The lowest BCUT2D eigenvalue weighted by molar-refractivity contribution is 0.112. The first-order valence-corrected chi connectivity index (χ1v) is 5.88. The number of carbonyl (C=O) groups excluding carboxylic acids is 1. The van der Waals surface area contributed by atoms with Gasteiger partial charge >= 0.3 is 0 Å². The molecule has 0 fully saturated rings. The number of hydrogen-bond donors (Lipinski definition) is 0. The van der Waals surface area contributed by atoms with Crippen molar-refractivity contribution in [2.24, 2.45) is 0 Å². The van der Waals surface area contributed by atoms with Crippen molar-refractivity contribution in [2.75, 3.05) is 0 Å². The Balaban J connectivity index is 3.36. The van der Waals surface area contributed by atoms with Gasteiger partial charge in [-0.15, -0.1) is 0 Å². The van der Waals surface area contributed by atoms with Crippen LogP contribution in [0.1, 0.15) is 36.7 Å². The van der Waals surface area contributed by atoms with Crippen molar-refractivity contribution in [1.29, 1.82) is 0 Å². The Bertz CT molecular complexity index is 342. The molecule has 1 aromatic carbocycles. The zero-order valence-corrected chi connectivity index (χ0v) is 10.2. The minimum atomic E-state index is -1.79. The first kappa shape index (κ1) is 11.1. The minimum Gasteiger partial charge on any atom is -0.317 e. The van der Waals surface area contributed by atoms with Gasteiger partial charge in [-0.1, -0.05) is 39.0 Å². The molecule has 3 heteroatoms. The summed E-state index contributed by atoms with van der Waals surface area (Å²) in [7, 11) is -1.79. The van der Waals surface area contributed by atoms with Gasteiger partial charge < -0.3 is 4.11 Å². The van der Waals surface area contributed by atoms with Crippen molar-refractivity contribution < 1.29 is 8.90 Å². The highest BCUT2D eigenvalue weighted by Crippen LogP contribution is 2.20. The maximum absolute atomic E-state index is 12.9. The third-order valence-electron chi connectivity index (χ3n) is 2.28. The number of hydrogen-bond acceptors (Lipinski definition) is 1. The average Bonchev–Trinajstić information content (AvgIpc) is 2.15. The molecule has 0 amide bonds. The minimum absolute atomic E-state index is 0.0898. The van der Waals surface area contributed by atoms with Gasteiger partial charge in [-0.2, -0.15) is 0 Å². The molecular formula is C11H15FOSi. The van der Waals surface area contributed by atoms with Crippen LogP contribution in [-0.4, -0.2) is 16.1 Å². The van der Waals surface area contributed by atoms with E-state index < -0.39 is 9.85 Å². The molecule has 0 spiro atoms. The van der Waals surface area contributed by atoms with Crippen LogP contribution in [0.2, 0.25) is 0 Å². The summed E-state index contributed by atoms with van der Waals surface area (Å²) in [6.45, 7) is 6.10. The van der Waals surface area contributed by atoms with Crippen LogP contribution in [0.15, 0.2) is 18.2 Å². The summed E-state index contributed by atoms with van der Waals surface area (Å²) in [5.41, 5.74) is 1.40. The molecule has 0 N–H and O–H groups in total. The fourth-order valence-corrected chi connectivity index (χ4v) is 2.71. The molecule has 76 valence electrons. The van der Waals surface area contributed by atoms with Gasteiger partial charge in [-0.25, -0.2) is 0 Å². The van der Waals surface area contributed by atoms with Crippen LogP contribution >= 0.6 is 0 Å². The average molecular weight is 210 g/mol. The van der Waals surface area contributed by atoms with Gasteiger partial charge in [0.25, 0.3) is 0 Å². The third kappa shape index (κ3) is 2.10. The summed E-state index contributed by atoms with van der Waals surface area (Å²) in [6, 6.07) is 5.41. The highest BCUT2D eigenvalue weighted by Gasteiger charge is 2.19. The molecule has 0 saturated carbocycles. The summed E-state index contributed by atoms with van der Waals surface area (Å²) >= 11 is 0. The van der Waals surface area contributed by atoms with E-state index in [-0.39, 0.29) is 5.41 Å². The first-order valence-electron chi connectivity index (χ1n) is 4.64. The van der Waals surface area contributed by atoms with Crippen LogP contribution in [0, 0.1) is 0 Å². The van der Waals surface area contributed by atoms with Gasteiger partial charge in [0.2, 0.25) is 9.85 Å². The second-order valence-electron chi connectivity index (χ2n) is 4.37. The number of carbonyl (C=O) groups is 1. The monoisotopic (exact) mass is 210 g/mol. The van der Waals surface area contributed by atoms with E-state index in [4.69, 9.17) is 0 Å². The first-order chi connectivity index (χ1) is 6.50. The Morgan fingerprint density at radius 1 is 1.36 bits per heavy atom. The van der Waals surface area contributed by atoms with Crippen LogP contribution in [0.4, 0.5) is 4.11 Å². The zero-order valence-electron chi connectivity index (χ0n) is 8.80. The van der Waals surface area contributed by atoms with Gasteiger partial charge in [0.05, 0.1) is 0 Å². The predicted molar refractivity (Wildman–Crippen MR) is 59.8 cm³/mol. The lowest BCUT2D eigenvalue weighted by Gasteiger charge is -2.22. The Kier molecular flexibility index (Phi) is 3.21. The Morgan fingerprint density at radius 3 is 2.43 bits per heavy atom. The van der Waals surface area contributed by atoms with Crippen molar-refractivity contribution in [3.05, 3.63) is 29.3 Å². The molecule has 0 unspecified atom stereocenters. The summed E-state index contributed by atoms with van der Waals surface area (Å²) < 4.78 is 12.9. The number of aldehydes is 1. The third-order valence-corrected chi connectivity index (χ3v) is 3.34. The molecule has 14 heavy (non-hydrogen) atoms. The smallest absolute Gasteiger partial charge is 0.248 e. The van der Waals surface area contributed by atoms with Crippen molar-refractivity contribution in [1.82, 2.24) is 0 Å². The number of rotatable bonds is 2. The molecule has 0 saturated heterocycles. The van der Waals surface area contributed by atoms with Crippen LogP contribution in [0.5, 0.6) is 0 Å². The molecule has 0 aliphatic rings. The number of benzene rings is 1. The Labute approximate surface area is 86.3 Å². The lowest BCUT2D eigenvalue weighted by Crippen LogP contribution is -2.28. The van der Waals surface area contributed by atoms with Crippen molar-refractivity contribution in [2.45, 2.75) is 26.2 Å². The molecule has 0 aromatic heterocycles. The fourth-order valence-electron chi connectivity index (χ4n) is 1.57. The van der Waals surface area contributed by atoms with Gasteiger partial charge in [0, 0.05) is 5.56 Å². The van der Waals surface area contributed by atoms with E-state index in [9.17, 15) is 8.90 Å². The van der Waals surface area contributed by atoms with Gasteiger partial charge in [0.1, 0.15) is 6.29 Å². The maximum atomic E-state index is 12.9. The summed E-state index contributed by atoms with van der Waals surface area (Å²) in [5, 5.41) is 0.662. The highest BCUT2D eigenvalue weighted by molar-refractivity contribution is 6.49. The molecule has 1 aromatic rings. The van der Waals surface area contributed by atoms with Crippen molar-refractivity contribution >= 4 is 21.3 Å². The molecule has 0 heterocycles. The van der Waals surface area contributed by atoms with E-state index >= 15 is 0 Å². The van der Waals surface area contributed by atoms with Gasteiger partial charge in [-0.3, -0.25) is 4.79 Å². The zero-order chi connectivity index (χ0) is 10.8. The van der Waals surface area contributed by atoms with E-state index in [1.165, 1.54) is 0 Å². The molecule has 0 radical (unpaired) electrons. The number of halogens is 1. The summed E-state index contributed by atoms with van der Waals surface area (Å²) in [4.78, 5) is 10.7. The molecule has 0 aliphatic carbocycles. The summed E-state index contributed by atoms with van der Waals surface area (Å²) in [6.07, 6.45) is 0.747. The van der Waals surface area contributed by atoms with Crippen molar-refractivity contribution in [3.8, 4) is 0 Å². The second-order valence-corrected chi connectivity index (χ2v) is 5.35. The standard InChI is InChI=1S/C11H15FOSi/c1-11(2,3)9-6-4-5-8(7-13)10(9)14-12/h4-7H,14H2,1-3H3. The van der Waals surface area contributed by atoms with Gasteiger partial charge in [0.15, 0.2) is 0 Å². The van der Waals surface area contributed by atoms with E-state index in [1.54, 1.807) is 6.07 Å². The van der Waals surface area contributed by atoms with Crippen molar-refractivity contribution in [3.63, 3.8) is 0 Å². The van der Waals surface area contributed by atoms with Crippen LogP contribution in [0.25, 0.3) is 0 Å². The molecule has 0 bridgehead atoms. The lowest BCUT2D eigenvalue weighted by atomic mass is 9.86. The molecular weight excluding hydrogens is 195 g/mol. The van der Waals surface area contributed by atoms with E-state index in [2.05, 4.69) is 0 Å². The normalized spacial score (nSPS) is 12.3. The largest absolute Gasteiger partial charge is 0.317 e. The molecule has 0 aliphatic heterocycles. The predicted octanol–water partition coefficient (Wildman–Crippen LogP) is 1.48. The quantitative estimate of drug-likeness (QED) is 0.410. The molecule has 1 rings (SSSR count).